The highest BCUT2D eigenvalue weighted by Gasteiger charge is 2.66. The molecule has 0 unspecified atom stereocenters. The fourth-order valence-corrected chi connectivity index (χ4v) is 11.8. The summed E-state index contributed by atoms with van der Waals surface area (Å²) in [6.07, 6.45) is 10.8. The van der Waals surface area contributed by atoms with Crippen molar-refractivity contribution >= 4 is 34.8 Å². The summed E-state index contributed by atoms with van der Waals surface area (Å²) in [7, 11) is 0. The molecule has 0 aromatic carbocycles. The van der Waals surface area contributed by atoms with E-state index in [1.165, 1.54) is 58.0 Å². The standard InChI is InChI=1S/C27H42Cl3NO/c1-15-4-9-24-26(3,32)20-7-5-16-17-6-8-22-25(2,11-10-23(28)27(22,29)30)21(17)12-18(16)19(20)14-31(24)13-15/h15-24,32H,4-14H2,1-3H3/t15-,16-,17-,18-,19-,20-,21-,22-,23-,24-,25+,26-/m0/s1. The average Bonchev–Trinajstić information content (AvgIpc) is 3.11. The van der Waals surface area contributed by atoms with E-state index >= 15 is 0 Å². The molecule has 2 saturated heterocycles. The van der Waals surface area contributed by atoms with Crippen LogP contribution in [0.2, 0.25) is 0 Å². The van der Waals surface area contributed by atoms with Crippen molar-refractivity contribution in [3.8, 4) is 0 Å². The first-order valence-electron chi connectivity index (χ1n) is 13.5. The zero-order valence-corrected chi connectivity index (χ0v) is 22.3. The van der Waals surface area contributed by atoms with Crippen molar-refractivity contribution in [3.05, 3.63) is 0 Å². The SMILES string of the molecule is C[C@H]1CC[C@@H]2N(C1)C[C@H]1[C@H]3C[C@H]4[C@@H](CC[C@@H]5C(Cl)(Cl)[C@@H](Cl)CC[C@@]54C)[C@@H]3CC[C@@H]1[C@]2(C)O. The van der Waals surface area contributed by atoms with Crippen LogP contribution >= 0.6 is 34.8 Å². The van der Waals surface area contributed by atoms with Crippen LogP contribution in [-0.2, 0) is 0 Å². The van der Waals surface area contributed by atoms with Gasteiger partial charge < -0.3 is 5.11 Å². The van der Waals surface area contributed by atoms with Gasteiger partial charge in [0.2, 0.25) is 0 Å². The lowest BCUT2D eigenvalue weighted by Crippen LogP contribution is -2.67. The van der Waals surface area contributed by atoms with Crippen molar-refractivity contribution in [1.82, 2.24) is 4.90 Å². The molecule has 32 heavy (non-hydrogen) atoms. The lowest BCUT2D eigenvalue weighted by Gasteiger charge is -2.60. The summed E-state index contributed by atoms with van der Waals surface area (Å²) in [5.41, 5.74) is -0.323. The number of piperidine rings is 2. The number of alkyl halides is 3. The van der Waals surface area contributed by atoms with Crippen LogP contribution in [0.15, 0.2) is 0 Å². The van der Waals surface area contributed by atoms with Gasteiger partial charge in [0, 0.05) is 19.1 Å². The van der Waals surface area contributed by atoms with Crippen LogP contribution in [0, 0.1) is 52.8 Å². The minimum absolute atomic E-state index is 0.125. The Morgan fingerprint density at radius 3 is 2.34 bits per heavy atom. The number of hydrogen-bond acceptors (Lipinski definition) is 2. The summed E-state index contributed by atoms with van der Waals surface area (Å²) >= 11 is 20.6. The zero-order valence-electron chi connectivity index (χ0n) is 20.1. The minimum Gasteiger partial charge on any atom is -0.388 e. The summed E-state index contributed by atoms with van der Waals surface area (Å²) < 4.78 is -0.790. The van der Waals surface area contributed by atoms with E-state index in [-0.39, 0.29) is 10.8 Å². The smallest absolute Gasteiger partial charge is 0.137 e. The predicted octanol–water partition coefficient (Wildman–Crippen LogP) is 6.74. The Labute approximate surface area is 210 Å². The maximum absolute atomic E-state index is 11.9. The van der Waals surface area contributed by atoms with Gasteiger partial charge in [-0.05, 0) is 117 Å². The van der Waals surface area contributed by atoms with E-state index in [4.69, 9.17) is 34.8 Å². The molecule has 182 valence electrons. The highest BCUT2D eigenvalue weighted by atomic mass is 35.5. The van der Waals surface area contributed by atoms with E-state index in [2.05, 4.69) is 25.7 Å². The molecule has 2 aliphatic heterocycles. The molecule has 2 nitrogen and oxygen atoms in total. The van der Waals surface area contributed by atoms with Crippen LogP contribution in [0.5, 0.6) is 0 Å². The number of halogens is 3. The summed E-state index contributed by atoms with van der Waals surface area (Å²) in [4.78, 5) is 2.70. The number of fused-ring (bicyclic) bond motifs is 8. The monoisotopic (exact) mass is 501 g/mol. The van der Waals surface area contributed by atoms with Crippen LogP contribution in [0.4, 0.5) is 0 Å². The molecule has 6 aliphatic rings. The third kappa shape index (κ3) is 3.11. The predicted molar refractivity (Wildman–Crippen MR) is 133 cm³/mol. The second kappa shape index (κ2) is 7.64. The second-order valence-electron chi connectivity index (χ2n) is 13.4. The maximum Gasteiger partial charge on any atom is 0.137 e. The molecule has 2 heterocycles. The molecule has 6 fully saturated rings. The molecular formula is C27H42Cl3NO. The van der Waals surface area contributed by atoms with Crippen molar-refractivity contribution in [1.29, 1.82) is 0 Å². The molecule has 4 saturated carbocycles. The van der Waals surface area contributed by atoms with Crippen LogP contribution < -0.4 is 0 Å². The third-order valence-corrected chi connectivity index (χ3v) is 13.9. The molecule has 0 radical (unpaired) electrons. The summed E-state index contributed by atoms with van der Waals surface area (Å²) in [6, 6.07) is 0.370. The number of rotatable bonds is 0. The topological polar surface area (TPSA) is 23.5 Å². The van der Waals surface area contributed by atoms with E-state index in [0.717, 1.165) is 42.4 Å². The molecule has 0 amide bonds. The number of nitrogens with zero attached hydrogens (tertiary/aromatic N) is 1. The molecule has 1 N–H and O–H groups in total. The van der Waals surface area contributed by atoms with Gasteiger partial charge in [0.1, 0.15) is 4.33 Å². The highest BCUT2D eigenvalue weighted by molar-refractivity contribution is 6.52. The Morgan fingerprint density at radius 2 is 1.56 bits per heavy atom. The first-order valence-corrected chi connectivity index (χ1v) is 14.7. The number of aliphatic hydroxyl groups is 1. The van der Waals surface area contributed by atoms with Gasteiger partial charge in [0.05, 0.1) is 11.0 Å². The van der Waals surface area contributed by atoms with Gasteiger partial charge in [-0.25, -0.2) is 0 Å². The highest BCUT2D eigenvalue weighted by Crippen LogP contribution is 2.70. The quantitative estimate of drug-likeness (QED) is 0.371. The maximum atomic E-state index is 11.9. The van der Waals surface area contributed by atoms with Gasteiger partial charge in [-0.3, -0.25) is 4.90 Å². The first-order chi connectivity index (χ1) is 15.0. The van der Waals surface area contributed by atoms with Gasteiger partial charge in [-0.1, -0.05) is 37.0 Å². The van der Waals surface area contributed by atoms with Crippen molar-refractivity contribution in [2.45, 2.75) is 99.9 Å². The molecule has 0 aromatic rings. The summed E-state index contributed by atoms with van der Waals surface area (Å²) in [5, 5.41) is 11.7. The molecule has 5 heteroatoms. The van der Waals surface area contributed by atoms with Crippen LogP contribution in [0.25, 0.3) is 0 Å². The molecule has 4 aliphatic carbocycles. The van der Waals surface area contributed by atoms with Gasteiger partial charge in [0.25, 0.3) is 0 Å². The van der Waals surface area contributed by atoms with Gasteiger partial charge in [0.15, 0.2) is 0 Å². The Hall–Kier alpha value is 0.790. The zero-order chi connectivity index (χ0) is 22.6. The summed E-state index contributed by atoms with van der Waals surface area (Å²) in [6.45, 7) is 9.48. The van der Waals surface area contributed by atoms with Crippen LogP contribution in [0.3, 0.4) is 0 Å². The van der Waals surface area contributed by atoms with Crippen LogP contribution in [-0.4, -0.2) is 44.4 Å². The third-order valence-electron chi connectivity index (χ3n) is 12.1. The Kier molecular flexibility index (Phi) is 5.54. The number of hydrogen-bond donors (Lipinski definition) is 1. The van der Waals surface area contributed by atoms with Gasteiger partial charge in [-0.15, -0.1) is 11.6 Å². The van der Waals surface area contributed by atoms with Crippen LogP contribution in [0.1, 0.15) is 78.6 Å². The Morgan fingerprint density at radius 1 is 0.812 bits per heavy atom. The average molecular weight is 503 g/mol. The summed E-state index contributed by atoms with van der Waals surface area (Å²) in [5.74, 6) is 5.34. The van der Waals surface area contributed by atoms with Gasteiger partial charge in [-0.2, -0.15) is 0 Å². The van der Waals surface area contributed by atoms with E-state index < -0.39 is 9.93 Å². The van der Waals surface area contributed by atoms with E-state index in [9.17, 15) is 5.11 Å². The van der Waals surface area contributed by atoms with E-state index in [1.54, 1.807) is 0 Å². The van der Waals surface area contributed by atoms with Crippen molar-refractivity contribution < 1.29 is 5.11 Å². The molecule has 12 atom stereocenters. The molecule has 0 aromatic heterocycles. The molecule has 0 bridgehead atoms. The molecule has 6 rings (SSSR count). The second-order valence-corrected chi connectivity index (χ2v) is 15.3. The van der Waals surface area contributed by atoms with Crippen molar-refractivity contribution in [2.24, 2.45) is 52.8 Å². The lowest BCUT2D eigenvalue weighted by molar-refractivity contribution is -0.175. The fourth-order valence-electron chi connectivity index (χ4n) is 10.6. The van der Waals surface area contributed by atoms with E-state index in [0.29, 0.717) is 23.8 Å². The fraction of sp³-hybridized carbons (Fsp3) is 1.00. The Bertz CT molecular complexity index is 757. The van der Waals surface area contributed by atoms with Crippen molar-refractivity contribution in [3.63, 3.8) is 0 Å². The molecular weight excluding hydrogens is 461 g/mol. The van der Waals surface area contributed by atoms with Crippen molar-refractivity contribution in [2.75, 3.05) is 13.1 Å². The normalized spacial score (nSPS) is 59.3. The Balaban J connectivity index is 1.30. The largest absolute Gasteiger partial charge is 0.388 e. The molecule has 0 spiro atoms. The minimum atomic E-state index is -0.790. The van der Waals surface area contributed by atoms with E-state index in [1.807, 2.05) is 0 Å². The lowest BCUT2D eigenvalue weighted by atomic mass is 9.52. The first kappa shape index (κ1) is 23.2. The van der Waals surface area contributed by atoms with Gasteiger partial charge >= 0.3 is 0 Å².